The Morgan fingerprint density at radius 1 is 1.57 bits per heavy atom. The molecule has 38 valence electrons. The molecule has 7 heavy (non-hydrogen) atoms. The van der Waals surface area contributed by atoms with E-state index in [1.165, 1.54) is 0 Å². The van der Waals surface area contributed by atoms with Crippen molar-refractivity contribution in [2.24, 2.45) is 0 Å². The van der Waals surface area contributed by atoms with Crippen LogP contribution in [0.2, 0.25) is 0 Å². The minimum atomic E-state index is 0.187. The number of aromatic amines is 1. The van der Waals surface area contributed by atoms with Crippen molar-refractivity contribution in [3.63, 3.8) is 0 Å². The minimum Gasteiger partial charge on any atom is -0.495 e. The summed E-state index contributed by atoms with van der Waals surface area (Å²) in [5.74, 6) is 0.187. The molecule has 1 aromatic rings. The van der Waals surface area contributed by atoms with Crippen molar-refractivity contribution >= 4 is 15.9 Å². The van der Waals surface area contributed by atoms with Crippen molar-refractivity contribution in [2.75, 3.05) is 0 Å². The van der Waals surface area contributed by atoms with Crippen LogP contribution in [-0.4, -0.2) is 10.1 Å². The zero-order valence-corrected chi connectivity index (χ0v) is 5.07. The molecule has 3 heteroatoms. The van der Waals surface area contributed by atoms with Crippen LogP contribution in [0, 0.1) is 0 Å². The molecule has 0 aliphatic carbocycles. The highest BCUT2D eigenvalue weighted by Gasteiger charge is 1.86. The fourth-order valence-electron chi connectivity index (χ4n) is 0.358. The molecule has 0 bridgehead atoms. The fraction of sp³-hybridized carbons (Fsp3) is 0. The number of halogens is 1. The third kappa shape index (κ3) is 0.962. The number of aromatic nitrogens is 1. The van der Waals surface area contributed by atoms with Gasteiger partial charge in [-0.05, 0) is 22.0 Å². The quantitative estimate of drug-likeness (QED) is 0.595. The summed E-state index contributed by atoms with van der Waals surface area (Å²) in [5.41, 5.74) is 0. The Kier molecular flexibility index (Phi) is 1.06. The molecule has 0 fully saturated rings. The zero-order valence-electron chi connectivity index (χ0n) is 3.48. The van der Waals surface area contributed by atoms with Gasteiger partial charge in [0.25, 0.3) is 0 Å². The Balaban J connectivity index is 3.04. The molecule has 2 N–H and O–H groups in total. The zero-order chi connectivity index (χ0) is 5.28. The van der Waals surface area contributed by atoms with E-state index in [0.29, 0.717) is 0 Å². The Hall–Kier alpha value is -0.440. The first kappa shape index (κ1) is 4.71. The molecule has 0 amide bonds. The SMILES string of the molecule is Oc1ccc(Br)[nH]1. The predicted molar refractivity (Wildman–Crippen MR) is 30.2 cm³/mol. The molecule has 1 rings (SSSR count). The molecule has 0 unspecified atom stereocenters. The van der Waals surface area contributed by atoms with Gasteiger partial charge in [0.1, 0.15) is 0 Å². The largest absolute Gasteiger partial charge is 0.495 e. The number of hydrogen-bond donors (Lipinski definition) is 2. The first-order chi connectivity index (χ1) is 3.29. The van der Waals surface area contributed by atoms with E-state index in [1.807, 2.05) is 0 Å². The second kappa shape index (κ2) is 1.58. The highest BCUT2D eigenvalue weighted by atomic mass is 79.9. The van der Waals surface area contributed by atoms with Gasteiger partial charge in [-0.2, -0.15) is 0 Å². The maximum atomic E-state index is 8.57. The topological polar surface area (TPSA) is 36.0 Å². The van der Waals surface area contributed by atoms with Crippen molar-refractivity contribution in [3.05, 3.63) is 16.7 Å². The van der Waals surface area contributed by atoms with E-state index in [9.17, 15) is 0 Å². The van der Waals surface area contributed by atoms with Crippen LogP contribution in [0.3, 0.4) is 0 Å². The number of rotatable bonds is 0. The second-order valence-corrected chi connectivity index (χ2v) is 2.05. The summed E-state index contributed by atoms with van der Waals surface area (Å²) in [7, 11) is 0. The maximum Gasteiger partial charge on any atom is 0.189 e. The normalized spacial score (nSPS) is 9.29. The van der Waals surface area contributed by atoms with E-state index in [1.54, 1.807) is 12.1 Å². The lowest BCUT2D eigenvalue weighted by Gasteiger charge is -1.75. The third-order valence-corrected chi connectivity index (χ3v) is 1.10. The smallest absolute Gasteiger partial charge is 0.189 e. The van der Waals surface area contributed by atoms with Crippen molar-refractivity contribution in [2.45, 2.75) is 0 Å². The van der Waals surface area contributed by atoms with Crippen LogP contribution >= 0.6 is 15.9 Å². The van der Waals surface area contributed by atoms with Gasteiger partial charge in [0.05, 0.1) is 4.60 Å². The lowest BCUT2D eigenvalue weighted by molar-refractivity contribution is 0.456. The van der Waals surface area contributed by atoms with Crippen LogP contribution in [0.4, 0.5) is 0 Å². The van der Waals surface area contributed by atoms with E-state index in [2.05, 4.69) is 20.9 Å². The number of aromatic hydroxyl groups is 1. The predicted octanol–water partition coefficient (Wildman–Crippen LogP) is 1.48. The summed E-state index contributed by atoms with van der Waals surface area (Å²) in [4.78, 5) is 2.61. The Bertz CT molecular complexity index is 144. The van der Waals surface area contributed by atoms with Gasteiger partial charge in [0.2, 0.25) is 0 Å². The average Bonchev–Trinajstić information content (AvgIpc) is 1.87. The first-order valence-electron chi connectivity index (χ1n) is 1.82. The van der Waals surface area contributed by atoms with Crippen molar-refractivity contribution in [3.8, 4) is 5.88 Å². The summed E-state index contributed by atoms with van der Waals surface area (Å²) in [6.45, 7) is 0. The van der Waals surface area contributed by atoms with E-state index < -0.39 is 0 Å². The number of hydrogen-bond acceptors (Lipinski definition) is 1. The molecule has 1 aromatic heterocycles. The second-order valence-electron chi connectivity index (χ2n) is 1.19. The summed E-state index contributed by atoms with van der Waals surface area (Å²) in [6, 6.07) is 3.30. The van der Waals surface area contributed by atoms with Crippen LogP contribution < -0.4 is 0 Å². The molecule has 1 heterocycles. The summed E-state index contributed by atoms with van der Waals surface area (Å²) >= 11 is 3.12. The molecular weight excluding hydrogens is 158 g/mol. The molecule has 0 aromatic carbocycles. The molecule has 0 radical (unpaired) electrons. The molecule has 2 nitrogen and oxygen atoms in total. The lowest BCUT2D eigenvalue weighted by atomic mass is 10.7. The van der Waals surface area contributed by atoms with E-state index >= 15 is 0 Å². The van der Waals surface area contributed by atoms with Gasteiger partial charge in [0, 0.05) is 6.07 Å². The number of nitrogens with one attached hydrogen (secondary N) is 1. The van der Waals surface area contributed by atoms with Gasteiger partial charge in [-0.25, -0.2) is 0 Å². The van der Waals surface area contributed by atoms with Crippen molar-refractivity contribution in [1.82, 2.24) is 4.98 Å². The summed E-state index contributed by atoms with van der Waals surface area (Å²) in [6.07, 6.45) is 0. The van der Waals surface area contributed by atoms with Crippen LogP contribution in [0.25, 0.3) is 0 Å². The van der Waals surface area contributed by atoms with E-state index in [-0.39, 0.29) is 5.88 Å². The van der Waals surface area contributed by atoms with Gasteiger partial charge in [-0.15, -0.1) is 0 Å². The van der Waals surface area contributed by atoms with Gasteiger partial charge in [0.15, 0.2) is 5.88 Å². The molecule has 0 saturated carbocycles. The van der Waals surface area contributed by atoms with Crippen LogP contribution in [0.1, 0.15) is 0 Å². The molecule has 0 aliphatic heterocycles. The fourth-order valence-corrected chi connectivity index (χ4v) is 0.693. The Labute approximate surface area is 49.3 Å². The molecule has 0 spiro atoms. The van der Waals surface area contributed by atoms with Gasteiger partial charge in [-0.3, -0.25) is 0 Å². The van der Waals surface area contributed by atoms with E-state index in [0.717, 1.165) is 4.60 Å². The Morgan fingerprint density at radius 2 is 2.29 bits per heavy atom. The van der Waals surface area contributed by atoms with Crippen molar-refractivity contribution < 1.29 is 5.11 Å². The van der Waals surface area contributed by atoms with Gasteiger partial charge >= 0.3 is 0 Å². The summed E-state index contributed by atoms with van der Waals surface area (Å²) < 4.78 is 0.796. The minimum absolute atomic E-state index is 0.187. The lowest BCUT2D eigenvalue weighted by Crippen LogP contribution is -1.56. The van der Waals surface area contributed by atoms with Crippen LogP contribution in [0.5, 0.6) is 5.88 Å². The first-order valence-corrected chi connectivity index (χ1v) is 2.62. The maximum absolute atomic E-state index is 8.57. The highest BCUT2D eigenvalue weighted by Crippen LogP contribution is 2.11. The molecule has 0 aliphatic rings. The highest BCUT2D eigenvalue weighted by molar-refractivity contribution is 9.10. The van der Waals surface area contributed by atoms with Crippen LogP contribution in [-0.2, 0) is 0 Å². The third-order valence-electron chi connectivity index (χ3n) is 0.635. The average molecular weight is 162 g/mol. The van der Waals surface area contributed by atoms with Crippen LogP contribution in [0.15, 0.2) is 16.7 Å². The van der Waals surface area contributed by atoms with Gasteiger partial charge < -0.3 is 10.1 Å². The standard InChI is InChI=1S/C4H4BrNO/c5-3-1-2-4(7)6-3/h1-2,6-7H. The van der Waals surface area contributed by atoms with Gasteiger partial charge in [-0.1, -0.05) is 0 Å². The monoisotopic (exact) mass is 161 g/mol. The Morgan fingerprint density at radius 3 is 2.43 bits per heavy atom. The molecule has 0 saturated heterocycles. The van der Waals surface area contributed by atoms with E-state index in [4.69, 9.17) is 5.11 Å². The molecule has 0 atom stereocenters. The van der Waals surface area contributed by atoms with Crippen molar-refractivity contribution in [1.29, 1.82) is 0 Å². The number of H-pyrrole nitrogens is 1. The molecular formula is C4H4BrNO. The summed E-state index contributed by atoms with van der Waals surface area (Å²) in [5, 5.41) is 8.57.